The molecule has 156 valence electrons. The summed E-state index contributed by atoms with van der Waals surface area (Å²) in [5.74, 6) is 2.48. The predicted octanol–water partition coefficient (Wildman–Crippen LogP) is 2.49. The van der Waals surface area contributed by atoms with Crippen molar-refractivity contribution in [3.05, 3.63) is 23.8 Å². The van der Waals surface area contributed by atoms with Gasteiger partial charge in [-0.25, -0.2) is 0 Å². The van der Waals surface area contributed by atoms with Crippen LogP contribution in [0.15, 0.2) is 23.2 Å². The standard InChI is InChI=1S/C21H33N3O4/c1-5-22-21(24-13-10-16(11-14-24)20(25)28-6-2)23-12-9-17-15-18(26-3)7-8-19(17)27-4/h7-8,15-16H,5-6,9-14H2,1-4H3,(H,22,23). The van der Waals surface area contributed by atoms with Crippen LogP contribution >= 0.6 is 0 Å². The van der Waals surface area contributed by atoms with E-state index in [-0.39, 0.29) is 11.9 Å². The summed E-state index contributed by atoms with van der Waals surface area (Å²) in [7, 11) is 3.33. The third kappa shape index (κ3) is 6.04. The molecule has 1 fully saturated rings. The number of methoxy groups -OCH3 is 2. The van der Waals surface area contributed by atoms with Crippen molar-refractivity contribution in [2.75, 3.05) is 47.0 Å². The molecule has 0 atom stereocenters. The SMILES string of the molecule is CCNC(=NCCc1cc(OC)ccc1OC)N1CCC(C(=O)OCC)CC1. The van der Waals surface area contributed by atoms with E-state index < -0.39 is 0 Å². The molecule has 28 heavy (non-hydrogen) atoms. The molecule has 2 rings (SSSR count). The molecule has 0 radical (unpaired) electrons. The molecule has 1 saturated heterocycles. The lowest BCUT2D eigenvalue weighted by Gasteiger charge is -2.33. The van der Waals surface area contributed by atoms with Crippen LogP contribution < -0.4 is 14.8 Å². The number of carbonyl (C=O) groups excluding carboxylic acids is 1. The first-order valence-electron chi connectivity index (χ1n) is 10.0. The van der Waals surface area contributed by atoms with E-state index in [0.717, 1.165) is 61.9 Å². The number of aliphatic imine (C=N–C) groups is 1. The van der Waals surface area contributed by atoms with Gasteiger partial charge in [0.1, 0.15) is 11.5 Å². The third-order valence-electron chi connectivity index (χ3n) is 4.88. The molecule has 1 aliphatic heterocycles. The second-order valence-electron chi connectivity index (χ2n) is 6.68. The first-order chi connectivity index (χ1) is 13.6. The van der Waals surface area contributed by atoms with Crippen LogP contribution in [-0.4, -0.2) is 63.8 Å². The van der Waals surface area contributed by atoms with Gasteiger partial charge in [0.2, 0.25) is 0 Å². The van der Waals surface area contributed by atoms with Crippen LogP contribution in [0.3, 0.4) is 0 Å². The van der Waals surface area contributed by atoms with Crippen LogP contribution in [0.4, 0.5) is 0 Å². The Hall–Kier alpha value is -2.44. The van der Waals surface area contributed by atoms with Crippen molar-refractivity contribution in [1.29, 1.82) is 0 Å². The number of rotatable bonds is 8. The van der Waals surface area contributed by atoms with Gasteiger partial charge in [0, 0.05) is 26.2 Å². The fraction of sp³-hybridized carbons (Fsp3) is 0.619. The molecule has 7 nitrogen and oxygen atoms in total. The second-order valence-corrected chi connectivity index (χ2v) is 6.68. The molecule has 0 amide bonds. The lowest BCUT2D eigenvalue weighted by Crippen LogP contribution is -2.46. The quantitative estimate of drug-likeness (QED) is 0.417. The molecule has 0 aliphatic carbocycles. The Morgan fingerprint density at radius 2 is 1.96 bits per heavy atom. The highest BCUT2D eigenvalue weighted by Gasteiger charge is 2.27. The number of ether oxygens (including phenoxy) is 3. The number of hydrogen-bond donors (Lipinski definition) is 1. The molecule has 0 saturated carbocycles. The first-order valence-corrected chi connectivity index (χ1v) is 10.0. The predicted molar refractivity (Wildman–Crippen MR) is 110 cm³/mol. The van der Waals surface area contributed by atoms with E-state index >= 15 is 0 Å². The van der Waals surface area contributed by atoms with Crippen LogP contribution in [0.1, 0.15) is 32.3 Å². The van der Waals surface area contributed by atoms with Crippen molar-refractivity contribution in [2.45, 2.75) is 33.1 Å². The van der Waals surface area contributed by atoms with Crippen LogP contribution in [0.2, 0.25) is 0 Å². The van der Waals surface area contributed by atoms with Crippen LogP contribution in [0.5, 0.6) is 11.5 Å². The van der Waals surface area contributed by atoms with Crippen LogP contribution in [0.25, 0.3) is 0 Å². The summed E-state index contributed by atoms with van der Waals surface area (Å²) in [4.78, 5) is 18.9. The highest BCUT2D eigenvalue weighted by Crippen LogP contribution is 2.24. The number of nitrogens with one attached hydrogen (secondary N) is 1. The van der Waals surface area contributed by atoms with Gasteiger partial charge in [-0.05, 0) is 56.9 Å². The summed E-state index contributed by atoms with van der Waals surface area (Å²) in [6, 6.07) is 5.80. The minimum Gasteiger partial charge on any atom is -0.497 e. The molecule has 1 aliphatic rings. The van der Waals surface area contributed by atoms with Crippen molar-refractivity contribution >= 4 is 11.9 Å². The molecule has 1 heterocycles. The number of hydrogen-bond acceptors (Lipinski definition) is 5. The van der Waals surface area contributed by atoms with E-state index in [0.29, 0.717) is 13.2 Å². The van der Waals surface area contributed by atoms with Crippen molar-refractivity contribution < 1.29 is 19.0 Å². The van der Waals surface area contributed by atoms with Gasteiger partial charge < -0.3 is 24.4 Å². The Balaban J connectivity index is 1.97. The van der Waals surface area contributed by atoms with Crippen molar-refractivity contribution in [2.24, 2.45) is 10.9 Å². The maximum atomic E-state index is 11.9. The number of guanidine groups is 1. The Kier molecular flexibility index (Phi) is 8.91. The number of likely N-dealkylation sites (tertiary alicyclic amines) is 1. The van der Waals surface area contributed by atoms with Crippen molar-refractivity contribution in [3.63, 3.8) is 0 Å². The monoisotopic (exact) mass is 391 g/mol. The summed E-state index contributed by atoms with van der Waals surface area (Å²) >= 11 is 0. The van der Waals surface area contributed by atoms with E-state index in [1.807, 2.05) is 25.1 Å². The topological polar surface area (TPSA) is 72.4 Å². The molecular formula is C21H33N3O4. The molecule has 0 aromatic heterocycles. The third-order valence-corrected chi connectivity index (χ3v) is 4.88. The van der Waals surface area contributed by atoms with E-state index in [2.05, 4.69) is 17.1 Å². The van der Waals surface area contributed by atoms with Gasteiger partial charge in [-0.1, -0.05) is 0 Å². The summed E-state index contributed by atoms with van der Waals surface area (Å²) in [6.45, 7) is 7.40. The van der Waals surface area contributed by atoms with Crippen LogP contribution in [0, 0.1) is 5.92 Å². The molecule has 0 bridgehead atoms. The van der Waals surface area contributed by atoms with Gasteiger partial charge in [0.05, 0.1) is 26.7 Å². The van der Waals surface area contributed by atoms with E-state index in [1.165, 1.54) is 0 Å². The number of nitrogens with zero attached hydrogens (tertiary/aromatic N) is 2. The summed E-state index contributed by atoms with van der Waals surface area (Å²) in [6.07, 6.45) is 2.36. The first kappa shape index (κ1) is 21.9. The fourth-order valence-corrected chi connectivity index (χ4v) is 3.37. The van der Waals surface area contributed by atoms with Crippen molar-refractivity contribution in [1.82, 2.24) is 10.2 Å². The highest BCUT2D eigenvalue weighted by atomic mass is 16.5. The Labute approximate surface area is 168 Å². The number of carbonyl (C=O) groups is 1. The average Bonchev–Trinajstić information content (AvgIpc) is 2.73. The average molecular weight is 392 g/mol. The largest absolute Gasteiger partial charge is 0.497 e. The van der Waals surface area contributed by atoms with Gasteiger partial charge in [-0.3, -0.25) is 9.79 Å². The Bertz CT molecular complexity index is 655. The van der Waals surface area contributed by atoms with Gasteiger partial charge in [0.25, 0.3) is 0 Å². The molecule has 7 heteroatoms. The Morgan fingerprint density at radius 1 is 1.21 bits per heavy atom. The molecular weight excluding hydrogens is 358 g/mol. The van der Waals surface area contributed by atoms with Gasteiger partial charge in [-0.15, -0.1) is 0 Å². The maximum absolute atomic E-state index is 11.9. The summed E-state index contributed by atoms with van der Waals surface area (Å²) in [5, 5.41) is 3.36. The van der Waals surface area contributed by atoms with E-state index in [4.69, 9.17) is 19.2 Å². The zero-order valence-corrected chi connectivity index (χ0v) is 17.5. The highest BCUT2D eigenvalue weighted by molar-refractivity contribution is 5.80. The van der Waals surface area contributed by atoms with Gasteiger partial charge in [0.15, 0.2) is 5.96 Å². The van der Waals surface area contributed by atoms with Crippen molar-refractivity contribution in [3.8, 4) is 11.5 Å². The second kappa shape index (κ2) is 11.4. The zero-order chi connectivity index (χ0) is 20.4. The molecule has 0 unspecified atom stereocenters. The molecule has 1 aromatic rings. The molecule has 0 spiro atoms. The van der Waals surface area contributed by atoms with Crippen LogP contribution in [-0.2, 0) is 16.0 Å². The van der Waals surface area contributed by atoms with Gasteiger partial charge >= 0.3 is 5.97 Å². The Morgan fingerprint density at radius 3 is 2.57 bits per heavy atom. The minimum absolute atomic E-state index is 0.000112. The van der Waals surface area contributed by atoms with E-state index in [1.54, 1.807) is 14.2 Å². The number of piperidine rings is 1. The fourth-order valence-electron chi connectivity index (χ4n) is 3.37. The smallest absolute Gasteiger partial charge is 0.309 e. The van der Waals surface area contributed by atoms with Gasteiger partial charge in [-0.2, -0.15) is 0 Å². The summed E-state index contributed by atoms with van der Waals surface area (Å²) < 4.78 is 15.9. The minimum atomic E-state index is -0.0748. The molecule has 1 aromatic carbocycles. The normalized spacial score (nSPS) is 15.3. The lowest BCUT2D eigenvalue weighted by atomic mass is 9.97. The maximum Gasteiger partial charge on any atom is 0.309 e. The number of benzene rings is 1. The summed E-state index contributed by atoms with van der Waals surface area (Å²) in [5.41, 5.74) is 1.07. The number of esters is 1. The zero-order valence-electron chi connectivity index (χ0n) is 17.5. The molecule has 1 N–H and O–H groups in total. The lowest BCUT2D eigenvalue weighted by molar-refractivity contribution is -0.149. The van der Waals surface area contributed by atoms with E-state index in [9.17, 15) is 4.79 Å².